The van der Waals surface area contributed by atoms with Crippen molar-refractivity contribution in [2.75, 3.05) is 19.0 Å². The van der Waals surface area contributed by atoms with Gasteiger partial charge in [0.05, 0.1) is 7.11 Å². The molecule has 7 nitrogen and oxygen atoms in total. The lowest BCUT2D eigenvalue weighted by molar-refractivity contribution is -0.133. The number of carbonyl (C=O) groups excluding carboxylic acids is 3. The van der Waals surface area contributed by atoms with Gasteiger partial charge in [0.2, 0.25) is 5.91 Å². The molecule has 2 N–H and O–H groups in total. The fourth-order valence-corrected chi connectivity index (χ4v) is 3.82. The van der Waals surface area contributed by atoms with Crippen molar-refractivity contribution in [2.45, 2.75) is 25.8 Å². The third-order valence-electron chi connectivity index (χ3n) is 4.85. The van der Waals surface area contributed by atoms with Gasteiger partial charge in [0, 0.05) is 16.6 Å². The zero-order chi connectivity index (χ0) is 21.2. The molecule has 4 amide bonds. The number of para-hydroxylation sites is 1. The van der Waals surface area contributed by atoms with Crippen LogP contribution >= 0.6 is 15.9 Å². The van der Waals surface area contributed by atoms with E-state index in [1.807, 2.05) is 31.2 Å². The standard InChI is InChI=1S/C21H22BrN3O4/c1-13-10-15(22)8-9-16(13)23-18(26)12-25-19(27)21(2,24-20(25)28)11-14-6-4-5-7-17(14)29-3/h4-10H,11-12H2,1-3H3,(H,23,26)(H,24,28)/t21-/m0/s1. The SMILES string of the molecule is COc1ccccc1C[C@]1(C)NC(=O)N(CC(=O)Nc2ccc(Br)cc2C)C1=O. The molecule has 8 heteroatoms. The van der Waals surface area contributed by atoms with Gasteiger partial charge in [0.15, 0.2) is 0 Å². The summed E-state index contributed by atoms with van der Waals surface area (Å²) in [7, 11) is 1.55. The fraction of sp³-hybridized carbons (Fsp3) is 0.286. The van der Waals surface area contributed by atoms with E-state index in [0.717, 1.165) is 20.5 Å². The topological polar surface area (TPSA) is 87.7 Å². The van der Waals surface area contributed by atoms with Crippen LogP contribution in [0.15, 0.2) is 46.9 Å². The van der Waals surface area contributed by atoms with Gasteiger partial charge in [0.25, 0.3) is 5.91 Å². The third-order valence-corrected chi connectivity index (χ3v) is 5.34. The van der Waals surface area contributed by atoms with Crippen LogP contribution in [-0.4, -0.2) is 41.9 Å². The van der Waals surface area contributed by atoms with Crippen LogP contribution < -0.4 is 15.4 Å². The Hall–Kier alpha value is -2.87. The zero-order valence-electron chi connectivity index (χ0n) is 16.4. The summed E-state index contributed by atoms with van der Waals surface area (Å²) < 4.78 is 6.23. The highest BCUT2D eigenvalue weighted by Crippen LogP contribution is 2.27. The number of benzene rings is 2. The number of anilines is 1. The van der Waals surface area contributed by atoms with Crippen LogP contribution in [0.3, 0.4) is 0 Å². The van der Waals surface area contributed by atoms with E-state index in [0.29, 0.717) is 11.4 Å². The van der Waals surface area contributed by atoms with E-state index in [4.69, 9.17) is 4.74 Å². The molecular formula is C21H22BrN3O4. The zero-order valence-corrected chi connectivity index (χ0v) is 18.0. The molecule has 1 heterocycles. The van der Waals surface area contributed by atoms with E-state index in [1.54, 1.807) is 32.2 Å². The maximum atomic E-state index is 13.0. The van der Waals surface area contributed by atoms with Crippen LogP contribution in [0.1, 0.15) is 18.1 Å². The van der Waals surface area contributed by atoms with Crippen molar-refractivity contribution in [3.63, 3.8) is 0 Å². The predicted molar refractivity (Wildman–Crippen MR) is 113 cm³/mol. The van der Waals surface area contributed by atoms with Gasteiger partial charge in [-0.3, -0.25) is 14.5 Å². The van der Waals surface area contributed by atoms with Crippen molar-refractivity contribution in [1.82, 2.24) is 10.2 Å². The largest absolute Gasteiger partial charge is 0.496 e. The van der Waals surface area contributed by atoms with Crippen molar-refractivity contribution in [2.24, 2.45) is 0 Å². The number of imide groups is 1. The average molecular weight is 460 g/mol. The third kappa shape index (κ3) is 4.42. The second-order valence-electron chi connectivity index (χ2n) is 7.15. The van der Waals surface area contributed by atoms with E-state index < -0.39 is 23.4 Å². The van der Waals surface area contributed by atoms with Crippen molar-refractivity contribution in [3.8, 4) is 5.75 Å². The first-order valence-corrected chi connectivity index (χ1v) is 9.85. The Morgan fingerprint density at radius 2 is 1.97 bits per heavy atom. The number of methoxy groups -OCH3 is 1. The summed E-state index contributed by atoms with van der Waals surface area (Å²) in [5.74, 6) is -0.255. The molecular weight excluding hydrogens is 438 g/mol. The molecule has 0 aromatic heterocycles. The van der Waals surface area contributed by atoms with Crippen molar-refractivity contribution >= 4 is 39.5 Å². The Balaban J connectivity index is 1.72. The number of amides is 4. The number of nitrogens with one attached hydrogen (secondary N) is 2. The quantitative estimate of drug-likeness (QED) is 0.648. The van der Waals surface area contributed by atoms with E-state index in [-0.39, 0.29) is 13.0 Å². The van der Waals surface area contributed by atoms with Crippen LogP contribution in [0.2, 0.25) is 0 Å². The second kappa shape index (κ2) is 8.24. The number of halogens is 1. The van der Waals surface area contributed by atoms with E-state index >= 15 is 0 Å². The Morgan fingerprint density at radius 1 is 1.24 bits per heavy atom. The minimum atomic E-state index is -1.15. The van der Waals surface area contributed by atoms with Crippen molar-refractivity contribution in [1.29, 1.82) is 0 Å². The average Bonchev–Trinajstić information content (AvgIpc) is 2.87. The molecule has 1 aliphatic rings. The van der Waals surface area contributed by atoms with Crippen molar-refractivity contribution in [3.05, 3.63) is 58.1 Å². The van der Waals surface area contributed by atoms with Crippen LogP contribution in [0.25, 0.3) is 0 Å². The number of hydrogen-bond donors (Lipinski definition) is 2. The lowest BCUT2D eigenvalue weighted by atomic mass is 9.92. The summed E-state index contributed by atoms with van der Waals surface area (Å²) in [6.45, 7) is 3.15. The van der Waals surface area contributed by atoms with Gasteiger partial charge in [-0.1, -0.05) is 34.1 Å². The van der Waals surface area contributed by atoms with Gasteiger partial charge in [-0.05, 0) is 49.2 Å². The molecule has 0 aliphatic carbocycles. The number of rotatable bonds is 6. The highest BCUT2D eigenvalue weighted by atomic mass is 79.9. The number of nitrogens with zero attached hydrogens (tertiary/aromatic N) is 1. The van der Waals surface area contributed by atoms with E-state index in [2.05, 4.69) is 26.6 Å². The molecule has 0 radical (unpaired) electrons. The van der Waals surface area contributed by atoms with Crippen LogP contribution in [0.5, 0.6) is 5.75 Å². The first-order chi connectivity index (χ1) is 13.7. The Kier molecular flexibility index (Phi) is 5.93. The summed E-state index contributed by atoms with van der Waals surface area (Å²) >= 11 is 3.37. The number of urea groups is 1. The minimum absolute atomic E-state index is 0.255. The molecule has 3 rings (SSSR count). The molecule has 152 valence electrons. The molecule has 0 saturated carbocycles. The van der Waals surface area contributed by atoms with E-state index in [9.17, 15) is 14.4 Å². The maximum Gasteiger partial charge on any atom is 0.325 e. The molecule has 29 heavy (non-hydrogen) atoms. The molecule has 1 saturated heterocycles. The van der Waals surface area contributed by atoms with Crippen LogP contribution in [-0.2, 0) is 16.0 Å². The summed E-state index contributed by atoms with van der Waals surface area (Å²) in [5.41, 5.74) is 1.13. The van der Waals surface area contributed by atoms with Gasteiger partial charge in [-0.25, -0.2) is 4.79 Å². The Morgan fingerprint density at radius 3 is 2.66 bits per heavy atom. The van der Waals surface area contributed by atoms with E-state index in [1.165, 1.54) is 0 Å². The summed E-state index contributed by atoms with van der Waals surface area (Å²) in [6, 6.07) is 12.2. The first-order valence-electron chi connectivity index (χ1n) is 9.05. The predicted octanol–water partition coefficient (Wildman–Crippen LogP) is 3.26. The van der Waals surface area contributed by atoms with Gasteiger partial charge >= 0.3 is 6.03 Å². The van der Waals surface area contributed by atoms with Crippen molar-refractivity contribution < 1.29 is 19.1 Å². The Labute approximate surface area is 177 Å². The summed E-state index contributed by atoms with van der Waals surface area (Å²) in [4.78, 5) is 38.8. The fourth-order valence-electron chi connectivity index (χ4n) is 3.34. The number of aryl methyl sites for hydroxylation is 1. The molecule has 0 unspecified atom stereocenters. The molecule has 0 bridgehead atoms. The lowest BCUT2D eigenvalue weighted by Crippen LogP contribution is -2.46. The number of hydrogen-bond acceptors (Lipinski definition) is 4. The number of carbonyl (C=O) groups is 3. The van der Waals surface area contributed by atoms with Gasteiger partial charge in [-0.15, -0.1) is 0 Å². The molecule has 1 aliphatic heterocycles. The molecule has 2 aromatic carbocycles. The first kappa shape index (κ1) is 20.9. The highest BCUT2D eigenvalue weighted by molar-refractivity contribution is 9.10. The second-order valence-corrected chi connectivity index (χ2v) is 8.07. The molecule has 1 atom stereocenters. The number of ether oxygens (including phenoxy) is 1. The highest BCUT2D eigenvalue weighted by Gasteiger charge is 2.48. The lowest BCUT2D eigenvalue weighted by Gasteiger charge is -2.22. The molecule has 2 aromatic rings. The van der Waals surface area contributed by atoms with Gasteiger partial charge < -0.3 is 15.4 Å². The maximum absolute atomic E-state index is 13.0. The smallest absolute Gasteiger partial charge is 0.325 e. The summed E-state index contributed by atoms with van der Waals surface area (Å²) in [5, 5.41) is 5.46. The normalized spacial score (nSPS) is 18.6. The van der Waals surface area contributed by atoms with Gasteiger partial charge in [-0.2, -0.15) is 0 Å². The molecule has 0 spiro atoms. The molecule has 1 fully saturated rings. The minimum Gasteiger partial charge on any atom is -0.496 e. The van der Waals surface area contributed by atoms with Crippen LogP contribution in [0.4, 0.5) is 10.5 Å². The monoisotopic (exact) mass is 459 g/mol. The van der Waals surface area contributed by atoms with Gasteiger partial charge in [0.1, 0.15) is 17.8 Å². The summed E-state index contributed by atoms with van der Waals surface area (Å²) in [6.07, 6.45) is 0.255. The van der Waals surface area contributed by atoms with Crippen LogP contribution in [0, 0.1) is 6.92 Å². The Bertz CT molecular complexity index is 978.